The summed E-state index contributed by atoms with van der Waals surface area (Å²) in [6.07, 6.45) is 2.29. The fourth-order valence-corrected chi connectivity index (χ4v) is 3.31. The highest BCUT2D eigenvalue weighted by atomic mass is 32.2. The Kier molecular flexibility index (Phi) is 3.23. The van der Waals surface area contributed by atoms with E-state index in [9.17, 15) is 8.42 Å². The number of nitrogens with zero attached hydrogens (tertiary/aromatic N) is 1. The first-order chi connectivity index (χ1) is 9.54. The lowest BCUT2D eigenvalue weighted by Crippen LogP contribution is -2.23. The van der Waals surface area contributed by atoms with Crippen LogP contribution in [-0.4, -0.2) is 24.9 Å². The van der Waals surface area contributed by atoms with Gasteiger partial charge in [0.05, 0.1) is 6.20 Å². The quantitative estimate of drug-likeness (QED) is 0.792. The number of hydrogen-bond donors (Lipinski definition) is 3. The van der Waals surface area contributed by atoms with Crippen LogP contribution < -0.4 is 10.0 Å². The Balaban J connectivity index is 1.87. The summed E-state index contributed by atoms with van der Waals surface area (Å²) < 4.78 is 26.9. The molecule has 0 spiro atoms. The molecule has 3 N–H and O–H groups in total. The molecule has 3 rings (SSSR count). The Bertz CT molecular complexity index is 737. The topological polar surface area (TPSA) is 86.9 Å². The third-order valence-electron chi connectivity index (χ3n) is 3.31. The molecule has 1 aliphatic rings. The van der Waals surface area contributed by atoms with E-state index in [2.05, 4.69) is 20.0 Å². The Morgan fingerprint density at radius 2 is 2.15 bits per heavy atom. The zero-order valence-corrected chi connectivity index (χ0v) is 11.9. The lowest BCUT2D eigenvalue weighted by atomic mass is 10.0. The number of sulfonamides is 1. The summed E-state index contributed by atoms with van der Waals surface area (Å²) in [6, 6.07) is 5.65. The molecule has 0 atom stereocenters. The molecule has 106 valence electrons. The molecule has 0 fully saturated rings. The molecule has 0 radical (unpaired) electrons. The van der Waals surface area contributed by atoms with Crippen LogP contribution >= 0.6 is 0 Å². The molecule has 1 aromatic carbocycles. The van der Waals surface area contributed by atoms with E-state index < -0.39 is 10.0 Å². The van der Waals surface area contributed by atoms with Crippen LogP contribution in [0.4, 0.5) is 5.69 Å². The van der Waals surface area contributed by atoms with Crippen molar-refractivity contribution in [3.05, 3.63) is 41.3 Å². The van der Waals surface area contributed by atoms with E-state index in [1.807, 2.05) is 12.1 Å². The van der Waals surface area contributed by atoms with Gasteiger partial charge in [0.1, 0.15) is 5.82 Å². The number of nitrogens with one attached hydrogen (secondary N) is 3. The minimum absolute atomic E-state index is 0.0749. The summed E-state index contributed by atoms with van der Waals surface area (Å²) in [7, 11) is -3.61. The molecule has 7 heteroatoms. The molecule has 6 nitrogen and oxygen atoms in total. The summed E-state index contributed by atoms with van der Waals surface area (Å²) in [5, 5.41) is 3.35. The highest BCUT2D eigenvalue weighted by Crippen LogP contribution is 2.21. The van der Waals surface area contributed by atoms with Gasteiger partial charge in [-0.15, -0.1) is 0 Å². The summed E-state index contributed by atoms with van der Waals surface area (Å²) in [6.45, 7) is 3.45. The lowest BCUT2D eigenvalue weighted by Gasteiger charge is -2.18. The maximum absolute atomic E-state index is 12.2. The van der Waals surface area contributed by atoms with E-state index in [0.29, 0.717) is 11.5 Å². The number of benzene rings is 1. The van der Waals surface area contributed by atoms with Gasteiger partial charge in [0.15, 0.2) is 5.03 Å². The van der Waals surface area contributed by atoms with Crippen molar-refractivity contribution in [3.8, 4) is 0 Å². The molecule has 1 aromatic heterocycles. The van der Waals surface area contributed by atoms with E-state index >= 15 is 0 Å². The third kappa shape index (κ3) is 2.54. The van der Waals surface area contributed by atoms with Crippen molar-refractivity contribution in [1.29, 1.82) is 0 Å². The van der Waals surface area contributed by atoms with E-state index in [0.717, 1.165) is 25.1 Å². The van der Waals surface area contributed by atoms with Gasteiger partial charge in [0, 0.05) is 12.2 Å². The number of H-pyrrole nitrogens is 1. The molecule has 20 heavy (non-hydrogen) atoms. The van der Waals surface area contributed by atoms with E-state index in [1.165, 1.54) is 11.8 Å². The summed E-state index contributed by atoms with van der Waals surface area (Å²) in [5.74, 6) is 0.569. The molecular formula is C13H16N4O2S. The smallest absolute Gasteiger partial charge is 0.278 e. The average molecular weight is 292 g/mol. The Hall–Kier alpha value is -1.86. The number of hydrogen-bond acceptors (Lipinski definition) is 4. The van der Waals surface area contributed by atoms with Crippen LogP contribution in [0.25, 0.3) is 0 Å². The number of imidazole rings is 1. The van der Waals surface area contributed by atoms with Crippen molar-refractivity contribution >= 4 is 15.7 Å². The van der Waals surface area contributed by atoms with Gasteiger partial charge in [-0.3, -0.25) is 4.72 Å². The van der Waals surface area contributed by atoms with Crippen LogP contribution in [-0.2, 0) is 23.0 Å². The minimum atomic E-state index is -3.61. The van der Waals surface area contributed by atoms with Gasteiger partial charge < -0.3 is 10.3 Å². The van der Waals surface area contributed by atoms with Crippen molar-refractivity contribution in [2.75, 3.05) is 11.3 Å². The van der Waals surface area contributed by atoms with Gasteiger partial charge in [0.2, 0.25) is 0 Å². The van der Waals surface area contributed by atoms with Crippen molar-refractivity contribution < 1.29 is 8.42 Å². The molecule has 1 aliphatic heterocycles. The number of aromatic amines is 1. The van der Waals surface area contributed by atoms with Crippen LogP contribution in [0.5, 0.6) is 0 Å². The van der Waals surface area contributed by atoms with E-state index in [1.54, 1.807) is 13.0 Å². The van der Waals surface area contributed by atoms with Crippen molar-refractivity contribution in [1.82, 2.24) is 15.3 Å². The monoisotopic (exact) mass is 292 g/mol. The Morgan fingerprint density at radius 3 is 2.90 bits per heavy atom. The fourth-order valence-electron chi connectivity index (χ4n) is 2.29. The molecule has 0 amide bonds. The van der Waals surface area contributed by atoms with Crippen LogP contribution in [0, 0.1) is 6.92 Å². The first-order valence-electron chi connectivity index (χ1n) is 6.41. The van der Waals surface area contributed by atoms with Crippen LogP contribution in [0.3, 0.4) is 0 Å². The van der Waals surface area contributed by atoms with Gasteiger partial charge in [-0.05, 0) is 43.1 Å². The number of fused-ring (bicyclic) bond motifs is 1. The number of aromatic nitrogens is 2. The van der Waals surface area contributed by atoms with Gasteiger partial charge >= 0.3 is 0 Å². The van der Waals surface area contributed by atoms with Crippen LogP contribution in [0.15, 0.2) is 29.4 Å². The first kappa shape index (κ1) is 13.1. The standard InChI is InChI=1S/C13H16N4O2S/c1-9-15-8-13(16-9)20(18,19)17-12-3-2-10-4-5-14-7-11(10)6-12/h2-3,6,8,14,17H,4-5,7H2,1H3,(H,15,16). The molecule has 0 saturated carbocycles. The maximum Gasteiger partial charge on any atom is 0.278 e. The fraction of sp³-hybridized carbons (Fsp3) is 0.308. The van der Waals surface area contributed by atoms with Gasteiger partial charge in [0.25, 0.3) is 10.0 Å². The number of aryl methyl sites for hydroxylation is 1. The second-order valence-electron chi connectivity index (χ2n) is 4.85. The number of anilines is 1. The highest BCUT2D eigenvalue weighted by Gasteiger charge is 2.17. The molecule has 2 heterocycles. The van der Waals surface area contributed by atoms with Crippen molar-refractivity contribution in [2.45, 2.75) is 24.9 Å². The average Bonchev–Trinajstić information content (AvgIpc) is 2.86. The summed E-state index contributed by atoms with van der Waals surface area (Å²) in [5.41, 5.74) is 2.97. The Morgan fingerprint density at radius 1 is 1.30 bits per heavy atom. The third-order valence-corrected chi connectivity index (χ3v) is 4.61. The second-order valence-corrected chi connectivity index (χ2v) is 6.50. The van der Waals surface area contributed by atoms with Gasteiger partial charge in [-0.1, -0.05) is 6.07 Å². The van der Waals surface area contributed by atoms with Crippen LogP contribution in [0.1, 0.15) is 17.0 Å². The summed E-state index contributed by atoms with van der Waals surface area (Å²) in [4.78, 5) is 6.64. The first-order valence-corrected chi connectivity index (χ1v) is 7.90. The zero-order valence-electron chi connectivity index (χ0n) is 11.1. The minimum Gasteiger partial charge on any atom is -0.332 e. The normalized spacial score (nSPS) is 14.8. The van der Waals surface area contributed by atoms with Crippen molar-refractivity contribution in [2.24, 2.45) is 0 Å². The van der Waals surface area contributed by atoms with Crippen LogP contribution in [0.2, 0.25) is 0 Å². The predicted octanol–water partition coefficient (Wildman–Crippen LogP) is 1.16. The largest absolute Gasteiger partial charge is 0.332 e. The highest BCUT2D eigenvalue weighted by molar-refractivity contribution is 7.92. The molecule has 0 bridgehead atoms. The molecular weight excluding hydrogens is 276 g/mol. The second kappa shape index (κ2) is 4.92. The Labute approximate surface area is 117 Å². The molecule has 0 aliphatic carbocycles. The van der Waals surface area contributed by atoms with Crippen molar-refractivity contribution in [3.63, 3.8) is 0 Å². The molecule has 0 saturated heterocycles. The van der Waals surface area contributed by atoms with Gasteiger partial charge in [-0.25, -0.2) is 4.98 Å². The molecule has 0 unspecified atom stereocenters. The molecule has 2 aromatic rings. The lowest BCUT2D eigenvalue weighted by molar-refractivity contribution is 0.598. The predicted molar refractivity (Wildman–Crippen MR) is 76.0 cm³/mol. The maximum atomic E-state index is 12.2. The van der Waals surface area contributed by atoms with E-state index in [-0.39, 0.29) is 5.03 Å². The summed E-state index contributed by atoms with van der Waals surface area (Å²) >= 11 is 0. The van der Waals surface area contributed by atoms with E-state index in [4.69, 9.17) is 0 Å². The number of rotatable bonds is 3. The zero-order chi connectivity index (χ0) is 14.2. The van der Waals surface area contributed by atoms with Gasteiger partial charge in [-0.2, -0.15) is 8.42 Å². The SMILES string of the molecule is Cc1ncc(S(=O)(=O)Nc2ccc3c(c2)CNCC3)[nH]1.